The summed E-state index contributed by atoms with van der Waals surface area (Å²) in [5, 5.41) is 3.43. The minimum Gasteiger partial charge on any atom is -0.322 e. The van der Waals surface area contributed by atoms with Crippen molar-refractivity contribution < 1.29 is 19.0 Å². The molecule has 25 heavy (non-hydrogen) atoms. The maximum Gasteiger partial charge on any atom is 0.279 e. The number of nitrogens with one attached hydrogen (secondary N) is 3. The SMILES string of the molecule is O=C(C[NH+]1CC[NH+](Cc2cccc(F)c2)CC1)Nc1ccccc1Cl. The van der Waals surface area contributed by atoms with E-state index in [-0.39, 0.29) is 11.7 Å². The van der Waals surface area contributed by atoms with E-state index >= 15 is 0 Å². The summed E-state index contributed by atoms with van der Waals surface area (Å²) in [5.74, 6) is -0.200. The predicted molar refractivity (Wildman–Crippen MR) is 96.4 cm³/mol. The molecule has 1 fully saturated rings. The maximum absolute atomic E-state index is 13.3. The van der Waals surface area contributed by atoms with Crippen molar-refractivity contribution in [1.82, 2.24) is 0 Å². The Morgan fingerprint density at radius 3 is 2.48 bits per heavy atom. The molecular formula is C19H23ClFN3O+2. The van der Waals surface area contributed by atoms with Crippen molar-refractivity contribution in [2.45, 2.75) is 6.54 Å². The molecule has 0 unspecified atom stereocenters. The number of amides is 1. The third-order valence-corrected chi connectivity index (χ3v) is 4.90. The molecule has 2 aromatic rings. The molecule has 0 spiro atoms. The Balaban J connectivity index is 1.44. The summed E-state index contributed by atoms with van der Waals surface area (Å²) in [7, 11) is 0. The monoisotopic (exact) mass is 363 g/mol. The second-order valence-corrected chi connectivity index (χ2v) is 6.92. The zero-order chi connectivity index (χ0) is 17.6. The molecule has 2 aromatic carbocycles. The molecule has 1 heterocycles. The number of carbonyl (C=O) groups excluding carboxylic acids is 1. The molecule has 1 aliphatic rings. The average molecular weight is 364 g/mol. The fourth-order valence-corrected chi connectivity index (χ4v) is 3.41. The van der Waals surface area contributed by atoms with E-state index in [9.17, 15) is 9.18 Å². The normalized spacial score (nSPS) is 20.2. The standard InChI is InChI=1S/C19H21ClFN3O/c20-17-6-1-2-7-18(17)22-19(25)14-24-10-8-23(9-11-24)13-15-4-3-5-16(21)12-15/h1-7,12H,8-11,13-14H2,(H,22,25)/p+2. The Morgan fingerprint density at radius 2 is 1.76 bits per heavy atom. The fourth-order valence-electron chi connectivity index (χ4n) is 3.23. The zero-order valence-corrected chi connectivity index (χ0v) is 14.8. The van der Waals surface area contributed by atoms with E-state index in [0.717, 1.165) is 38.3 Å². The van der Waals surface area contributed by atoms with Gasteiger partial charge < -0.3 is 15.1 Å². The number of para-hydroxylation sites is 1. The van der Waals surface area contributed by atoms with E-state index in [2.05, 4.69) is 5.32 Å². The second-order valence-electron chi connectivity index (χ2n) is 6.51. The van der Waals surface area contributed by atoms with Crippen molar-refractivity contribution in [3.05, 3.63) is 64.9 Å². The smallest absolute Gasteiger partial charge is 0.279 e. The molecule has 0 atom stereocenters. The lowest BCUT2D eigenvalue weighted by Gasteiger charge is -2.29. The summed E-state index contributed by atoms with van der Waals surface area (Å²) >= 11 is 6.07. The number of quaternary nitrogens is 2. The molecule has 132 valence electrons. The molecule has 1 amide bonds. The molecule has 3 N–H and O–H groups in total. The van der Waals surface area contributed by atoms with Gasteiger partial charge in [-0.25, -0.2) is 4.39 Å². The summed E-state index contributed by atoms with van der Waals surface area (Å²) < 4.78 is 13.3. The highest BCUT2D eigenvalue weighted by atomic mass is 35.5. The third-order valence-electron chi connectivity index (χ3n) is 4.57. The number of halogens is 2. The average Bonchev–Trinajstić information content (AvgIpc) is 2.59. The van der Waals surface area contributed by atoms with Gasteiger partial charge in [0.2, 0.25) is 0 Å². The van der Waals surface area contributed by atoms with Crippen LogP contribution >= 0.6 is 11.6 Å². The first-order valence-corrected chi connectivity index (χ1v) is 8.94. The van der Waals surface area contributed by atoms with Crippen LogP contribution in [0.2, 0.25) is 5.02 Å². The van der Waals surface area contributed by atoms with Gasteiger partial charge in [0.05, 0.1) is 10.7 Å². The minimum absolute atomic E-state index is 0.0170. The molecule has 1 saturated heterocycles. The van der Waals surface area contributed by atoms with Crippen LogP contribution in [0.4, 0.5) is 10.1 Å². The Morgan fingerprint density at radius 1 is 1.04 bits per heavy atom. The van der Waals surface area contributed by atoms with E-state index in [1.54, 1.807) is 24.3 Å². The lowest BCUT2D eigenvalue weighted by atomic mass is 10.2. The lowest BCUT2D eigenvalue weighted by Crippen LogP contribution is -3.28. The number of hydrogen-bond donors (Lipinski definition) is 3. The highest BCUT2D eigenvalue weighted by Gasteiger charge is 2.25. The van der Waals surface area contributed by atoms with E-state index in [0.29, 0.717) is 17.3 Å². The predicted octanol–water partition coefficient (Wildman–Crippen LogP) is 0.401. The highest BCUT2D eigenvalue weighted by molar-refractivity contribution is 6.33. The van der Waals surface area contributed by atoms with E-state index in [1.807, 2.05) is 18.2 Å². The summed E-state index contributed by atoms with van der Waals surface area (Å²) in [6, 6.07) is 14.0. The summed E-state index contributed by atoms with van der Waals surface area (Å²) in [4.78, 5) is 14.9. The number of hydrogen-bond acceptors (Lipinski definition) is 1. The van der Waals surface area contributed by atoms with Gasteiger partial charge in [-0.2, -0.15) is 0 Å². The molecule has 4 nitrogen and oxygen atoms in total. The van der Waals surface area contributed by atoms with Gasteiger partial charge in [-0.05, 0) is 24.3 Å². The van der Waals surface area contributed by atoms with Crippen LogP contribution in [0.25, 0.3) is 0 Å². The first-order chi connectivity index (χ1) is 12.1. The molecule has 0 radical (unpaired) electrons. The Bertz CT molecular complexity index is 732. The van der Waals surface area contributed by atoms with Crippen LogP contribution in [0.5, 0.6) is 0 Å². The Kier molecular flexibility index (Phi) is 6.02. The largest absolute Gasteiger partial charge is 0.322 e. The first kappa shape index (κ1) is 17.9. The van der Waals surface area contributed by atoms with E-state index in [4.69, 9.17) is 11.6 Å². The van der Waals surface area contributed by atoms with Crippen LogP contribution in [0, 0.1) is 5.82 Å². The number of piperazine rings is 1. The maximum atomic E-state index is 13.3. The van der Waals surface area contributed by atoms with E-state index < -0.39 is 0 Å². The fraction of sp³-hybridized carbons (Fsp3) is 0.316. The van der Waals surface area contributed by atoms with Crippen LogP contribution in [0.15, 0.2) is 48.5 Å². The van der Waals surface area contributed by atoms with Crippen LogP contribution in [-0.2, 0) is 11.3 Å². The van der Waals surface area contributed by atoms with Gasteiger partial charge in [0.15, 0.2) is 6.54 Å². The second kappa shape index (κ2) is 8.43. The third kappa shape index (κ3) is 5.26. The topological polar surface area (TPSA) is 38.0 Å². The summed E-state index contributed by atoms with van der Waals surface area (Å²) in [5.41, 5.74) is 1.68. The van der Waals surface area contributed by atoms with Crippen molar-refractivity contribution in [3.8, 4) is 0 Å². The highest BCUT2D eigenvalue weighted by Crippen LogP contribution is 2.19. The van der Waals surface area contributed by atoms with Gasteiger partial charge in [-0.15, -0.1) is 0 Å². The number of benzene rings is 2. The van der Waals surface area contributed by atoms with Crippen molar-refractivity contribution >= 4 is 23.2 Å². The van der Waals surface area contributed by atoms with Gasteiger partial charge in [-0.3, -0.25) is 4.79 Å². The van der Waals surface area contributed by atoms with Crippen LogP contribution in [0.1, 0.15) is 5.56 Å². The first-order valence-electron chi connectivity index (χ1n) is 8.56. The molecule has 3 rings (SSSR count). The number of anilines is 1. The van der Waals surface area contributed by atoms with Gasteiger partial charge >= 0.3 is 0 Å². The zero-order valence-electron chi connectivity index (χ0n) is 14.0. The molecule has 1 aliphatic heterocycles. The molecule has 6 heteroatoms. The van der Waals surface area contributed by atoms with Gasteiger partial charge in [-0.1, -0.05) is 35.9 Å². The van der Waals surface area contributed by atoms with Crippen LogP contribution in [-0.4, -0.2) is 38.6 Å². The van der Waals surface area contributed by atoms with Gasteiger partial charge in [0.25, 0.3) is 5.91 Å². The van der Waals surface area contributed by atoms with Crippen molar-refractivity contribution in [2.75, 3.05) is 38.0 Å². The molecular weight excluding hydrogens is 341 g/mol. The minimum atomic E-state index is -0.183. The van der Waals surface area contributed by atoms with Crippen LogP contribution < -0.4 is 15.1 Å². The number of rotatable bonds is 5. The van der Waals surface area contributed by atoms with Crippen molar-refractivity contribution in [2.24, 2.45) is 0 Å². The van der Waals surface area contributed by atoms with Gasteiger partial charge in [0.1, 0.15) is 38.5 Å². The quantitative estimate of drug-likeness (QED) is 0.707. The van der Waals surface area contributed by atoms with Gasteiger partial charge in [0, 0.05) is 5.56 Å². The molecule has 0 aromatic heterocycles. The lowest BCUT2D eigenvalue weighted by molar-refractivity contribution is -1.02. The van der Waals surface area contributed by atoms with Crippen LogP contribution in [0.3, 0.4) is 0 Å². The molecule has 0 bridgehead atoms. The van der Waals surface area contributed by atoms with E-state index in [1.165, 1.54) is 15.9 Å². The van der Waals surface area contributed by atoms with Crippen molar-refractivity contribution in [1.29, 1.82) is 0 Å². The summed E-state index contributed by atoms with van der Waals surface area (Å²) in [6.07, 6.45) is 0. The molecule has 0 saturated carbocycles. The Labute approximate surface area is 152 Å². The summed E-state index contributed by atoms with van der Waals surface area (Å²) in [6.45, 7) is 5.09. The Hall–Kier alpha value is -1.95. The number of carbonyl (C=O) groups is 1. The molecule has 0 aliphatic carbocycles. The van der Waals surface area contributed by atoms with Crippen molar-refractivity contribution in [3.63, 3.8) is 0 Å².